The Labute approximate surface area is 124 Å². The number of benzene rings is 1. The number of likely N-dealkylation sites (tertiary alicyclic amines) is 1. The molecule has 0 spiro atoms. The van der Waals surface area contributed by atoms with Gasteiger partial charge < -0.3 is 10.0 Å². The molecule has 2 heterocycles. The fourth-order valence-corrected chi connectivity index (χ4v) is 3.65. The number of fused-ring (bicyclic) bond motifs is 1. The second-order valence-corrected chi connectivity index (χ2v) is 6.31. The van der Waals surface area contributed by atoms with Gasteiger partial charge in [0.1, 0.15) is 5.82 Å². The van der Waals surface area contributed by atoms with E-state index in [0.29, 0.717) is 29.6 Å². The van der Waals surface area contributed by atoms with E-state index >= 15 is 0 Å². The van der Waals surface area contributed by atoms with E-state index in [0.717, 1.165) is 4.70 Å². The molecule has 1 aliphatic heterocycles. The second-order valence-electron chi connectivity index (χ2n) is 5.22. The summed E-state index contributed by atoms with van der Waals surface area (Å²) in [5, 5.41) is 9.78. The Kier molecular flexibility index (Phi) is 3.63. The molecule has 21 heavy (non-hydrogen) atoms. The summed E-state index contributed by atoms with van der Waals surface area (Å²) >= 11 is 1.31. The molecule has 0 aliphatic carbocycles. The van der Waals surface area contributed by atoms with Gasteiger partial charge in [-0.2, -0.15) is 0 Å². The Balaban J connectivity index is 1.84. The summed E-state index contributed by atoms with van der Waals surface area (Å²) in [5.41, 5.74) is 0. The van der Waals surface area contributed by atoms with Crippen LogP contribution in [-0.2, 0) is 4.79 Å². The molecule has 2 aromatic rings. The van der Waals surface area contributed by atoms with Gasteiger partial charge in [-0.15, -0.1) is 11.3 Å². The Morgan fingerprint density at radius 3 is 2.90 bits per heavy atom. The van der Waals surface area contributed by atoms with Crippen LogP contribution in [0.2, 0.25) is 0 Å². The average Bonchev–Trinajstić information content (AvgIpc) is 2.89. The van der Waals surface area contributed by atoms with Gasteiger partial charge in [-0.05, 0) is 42.5 Å². The molecule has 1 aromatic carbocycles. The summed E-state index contributed by atoms with van der Waals surface area (Å²) in [6.45, 7) is 0.821. The molecular weight excluding hydrogens is 293 g/mol. The van der Waals surface area contributed by atoms with Crippen molar-refractivity contribution in [3.8, 4) is 0 Å². The predicted octanol–water partition coefficient (Wildman–Crippen LogP) is 2.98. The van der Waals surface area contributed by atoms with Gasteiger partial charge in [-0.25, -0.2) is 4.39 Å². The predicted molar refractivity (Wildman–Crippen MR) is 78.0 cm³/mol. The largest absolute Gasteiger partial charge is 0.481 e. The van der Waals surface area contributed by atoms with E-state index in [1.165, 1.54) is 23.5 Å². The number of piperidine rings is 1. The number of carboxylic acids is 1. The number of carbonyl (C=O) groups is 2. The van der Waals surface area contributed by atoms with Crippen molar-refractivity contribution in [2.24, 2.45) is 5.92 Å². The molecule has 1 fully saturated rings. The number of thiophene rings is 1. The quantitative estimate of drug-likeness (QED) is 0.928. The molecule has 1 aromatic heterocycles. The van der Waals surface area contributed by atoms with Gasteiger partial charge in [0.05, 0.1) is 10.8 Å². The molecule has 1 aliphatic rings. The lowest BCUT2D eigenvalue weighted by molar-refractivity contribution is -0.143. The van der Waals surface area contributed by atoms with Crippen molar-refractivity contribution in [3.63, 3.8) is 0 Å². The Morgan fingerprint density at radius 2 is 2.14 bits per heavy atom. The first-order valence-electron chi connectivity index (χ1n) is 6.76. The maximum absolute atomic E-state index is 13.2. The molecule has 0 unspecified atom stereocenters. The summed E-state index contributed by atoms with van der Waals surface area (Å²) in [7, 11) is 0. The van der Waals surface area contributed by atoms with E-state index in [4.69, 9.17) is 5.11 Å². The van der Waals surface area contributed by atoms with Crippen LogP contribution in [0.1, 0.15) is 22.5 Å². The molecule has 1 N–H and O–H groups in total. The summed E-state index contributed by atoms with van der Waals surface area (Å²) < 4.78 is 14.0. The van der Waals surface area contributed by atoms with Gasteiger partial charge in [0, 0.05) is 17.8 Å². The molecule has 4 nitrogen and oxygen atoms in total. The highest BCUT2D eigenvalue weighted by atomic mass is 32.1. The minimum Gasteiger partial charge on any atom is -0.481 e. The van der Waals surface area contributed by atoms with Crippen LogP contribution in [0, 0.1) is 11.7 Å². The van der Waals surface area contributed by atoms with E-state index in [9.17, 15) is 14.0 Å². The Morgan fingerprint density at radius 1 is 1.33 bits per heavy atom. The minimum absolute atomic E-state index is 0.164. The third-order valence-corrected chi connectivity index (χ3v) is 4.85. The van der Waals surface area contributed by atoms with E-state index in [1.54, 1.807) is 17.0 Å². The van der Waals surface area contributed by atoms with Gasteiger partial charge in [-0.3, -0.25) is 9.59 Å². The van der Waals surface area contributed by atoms with Gasteiger partial charge in [-0.1, -0.05) is 0 Å². The van der Waals surface area contributed by atoms with Crippen LogP contribution in [0.25, 0.3) is 10.1 Å². The van der Waals surface area contributed by atoms with Gasteiger partial charge in [0.15, 0.2) is 0 Å². The van der Waals surface area contributed by atoms with Crippen LogP contribution in [0.5, 0.6) is 0 Å². The molecule has 3 rings (SSSR count). The number of aliphatic carboxylic acids is 1. The first kappa shape index (κ1) is 14.0. The van der Waals surface area contributed by atoms with Crippen LogP contribution in [-0.4, -0.2) is 35.0 Å². The van der Waals surface area contributed by atoms with Crippen LogP contribution < -0.4 is 0 Å². The number of rotatable bonds is 2. The Bertz CT molecular complexity index is 712. The molecular formula is C15H14FNO3S. The standard InChI is InChI=1S/C15H14FNO3S/c16-11-3-4-12-10(6-11)7-13(21-12)14(18)17-5-1-2-9(8-17)15(19)20/h3-4,6-7,9H,1-2,5,8H2,(H,19,20)/t9-/m1/s1. The van der Waals surface area contributed by atoms with Crippen LogP contribution >= 0.6 is 11.3 Å². The summed E-state index contributed by atoms with van der Waals surface area (Å²) in [6, 6.07) is 6.10. The highest BCUT2D eigenvalue weighted by Gasteiger charge is 2.29. The topological polar surface area (TPSA) is 57.6 Å². The third kappa shape index (κ3) is 2.76. The first-order valence-corrected chi connectivity index (χ1v) is 7.57. The van der Waals surface area contributed by atoms with Crippen LogP contribution in [0.4, 0.5) is 4.39 Å². The van der Waals surface area contributed by atoms with E-state index in [-0.39, 0.29) is 18.3 Å². The summed E-state index contributed by atoms with van der Waals surface area (Å²) in [6.07, 6.45) is 1.30. The van der Waals surface area contributed by atoms with Crippen molar-refractivity contribution in [2.45, 2.75) is 12.8 Å². The van der Waals surface area contributed by atoms with Crippen LogP contribution in [0.3, 0.4) is 0 Å². The minimum atomic E-state index is -0.856. The van der Waals surface area contributed by atoms with Crippen molar-refractivity contribution in [2.75, 3.05) is 13.1 Å². The normalized spacial score (nSPS) is 18.9. The summed E-state index contributed by atoms with van der Waals surface area (Å²) in [5.74, 6) is -1.84. The molecule has 1 atom stereocenters. The number of nitrogens with zero attached hydrogens (tertiary/aromatic N) is 1. The zero-order chi connectivity index (χ0) is 15.0. The number of carboxylic acid groups (broad SMARTS) is 1. The fourth-order valence-electron chi connectivity index (χ4n) is 2.64. The van der Waals surface area contributed by atoms with Crippen molar-refractivity contribution in [1.29, 1.82) is 0 Å². The molecule has 0 saturated carbocycles. The maximum Gasteiger partial charge on any atom is 0.308 e. The van der Waals surface area contributed by atoms with Gasteiger partial charge in [0.2, 0.25) is 0 Å². The maximum atomic E-state index is 13.2. The fraction of sp³-hybridized carbons (Fsp3) is 0.333. The number of hydrogen-bond donors (Lipinski definition) is 1. The second kappa shape index (κ2) is 5.44. The lowest BCUT2D eigenvalue weighted by atomic mass is 9.98. The molecule has 0 radical (unpaired) electrons. The number of carbonyl (C=O) groups excluding carboxylic acids is 1. The zero-order valence-electron chi connectivity index (χ0n) is 11.2. The van der Waals surface area contributed by atoms with E-state index in [2.05, 4.69) is 0 Å². The first-order chi connectivity index (χ1) is 10.0. The SMILES string of the molecule is O=C(O)[C@@H]1CCCN(C(=O)c2cc3cc(F)ccc3s2)C1. The van der Waals surface area contributed by atoms with Gasteiger partial charge >= 0.3 is 5.97 Å². The van der Waals surface area contributed by atoms with E-state index < -0.39 is 11.9 Å². The lowest BCUT2D eigenvalue weighted by Crippen LogP contribution is -2.42. The zero-order valence-corrected chi connectivity index (χ0v) is 12.0. The lowest BCUT2D eigenvalue weighted by Gasteiger charge is -2.30. The highest BCUT2D eigenvalue weighted by Crippen LogP contribution is 2.28. The monoisotopic (exact) mass is 307 g/mol. The number of hydrogen-bond acceptors (Lipinski definition) is 3. The smallest absolute Gasteiger partial charge is 0.308 e. The van der Waals surface area contributed by atoms with Crippen molar-refractivity contribution in [1.82, 2.24) is 4.90 Å². The van der Waals surface area contributed by atoms with Crippen molar-refractivity contribution >= 4 is 33.3 Å². The molecule has 6 heteroatoms. The van der Waals surface area contributed by atoms with Crippen molar-refractivity contribution in [3.05, 3.63) is 35.0 Å². The average molecular weight is 307 g/mol. The highest BCUT2D eigenvalue weighted by molar-refractivity contribution is 7.20. The third-order valence-electron chi connectivity index (χ3n) is 3.75. The summed E-state index contributed by atoms with van der Waals surface area (Å²) in [4.78, 5) is 25.6. The molecule has 1 amide bonds. The number of halogens is 1. The van der Waals surface area contributed by atoms with E-state index in [1.807, 2.05) is 0 Å². The molecule has 0 bridgehead atoms. The Hall–Kier alpha value is -1.95. The van der Waals surface area contributed by atoms with Crippen molar-refractivity contribution < 1.29 is 19.1 Å². The van der Waals surface area contributed by atoms with Crippen LogP contribution in [0.15, 0.2) is 24.3 Å². The molecule has 110 valence electrons. The molecule has 1 saturated heterocycles. The van der Waals surface area contributed by atoms with Gasteiger partial charge in [0.25, 0.3) is 5.91 Å². The number of amides is 1.